The summed E-state index contributed by atoms with van der Waals surface area (Å²) in [6.45, 7) is 4.68. The lowest BCUT2D eigenvalue weighted by Gasteiger charge is -2.34. The van der Waals surface area contributed by atoms with Crippen LogP contribution in [0.25, 0.3) is 0 Å². The first kappa shape index (κ1) is 14.5. The van der Waals surface area contributed by atoms with Crippen LogP contribution in [0.2, 0.25) is 0 Å². The summed E-state index contributed by atoms with van der Waals surface area (Å²) in [5.41, 5.74) is 2.68. The Bertz CT molecular complexity index is 373. The first-order valence-electron chi connectivity index (χ1n) is 7.68. The highest BCUT2D eigenvalue weighted by Gasteiger charge is 2.26. The Morgan fingerprint density at radius 3 is 2.53 bits per heavy atom. The molecule has 3 unspecified atom stereocenters. The van der Waals surface area contributed by atoms with Gasteiger partial charge in [0.1, 0.15) is 0 Å². The maximum atomic E-state index is 9.51. The van der Waals surface area contributed by atoms with Crippen LogP contribution in [0.5, 0.6) is 0 Å². The minimum atomic E-state index is 0.321. The molecule has 2 rings (SSSR count). The highest BCUT2D eigenvalue weighted by atomic mass is 16.3. The van der Waals surface area contributed by atoms with E-state index in [9.17, 15) is 5.11 Å². The van der Waals surface area contributed by atoms with Crippen molar-refractivity contribution < 1.29 is 5.11 Å². The molecule has 1 saturated carbocycles. The van der Waals surface area contributed by atoms with E-state index in [1.807, 2.05) is 0 Å². The Labute approximate surface area is 117 Å². The van der Waals surface area contributed by atoms with Gasteiger partial charge in [-0.25, -0.2) is 0 Å². The van der Waals surface area contributed by atoms with E-state index in [0.717, 1.165) is 6.42 Å². The van der Waals surface area contributed by atoms with Gasteiger partial charge in [-0.1, -0.05) is 49.6 Å². The fourth-order valence-corrected chi connectivity index (χ4v) is 3.15. The monoisotopic (exact) mass is 261 g/mol. The summed E-state index contributed by atoms with van der Waals surface area (Å²) in [6, 6.07) is 9.72. The molecule has 0 spiro atoms. The van der Waals surface area contributed by atoms with Crippen LogP contribution in [0.15, 0.2) is 24.3 Å². The van der Waals surface area contributed by atoms with Gasteiger partial charge in [0.15, 0.2) is 0 Å². The highest BCUT2D eigenvalue weighted by Crippen LogP contribution is 2.27. The molecule has 0 bridgehead atoms. The second kappa shape index (κ2) is 7.06. The minimum absolute atomic E-state index is 0.321. The van der Waals surface area contributed by atoms with Gasteiger partial charge in [-0.15, -0.1) is 0 Å². The van der Waals surface area contributed by atoms with Crippen LogP contribution < -0.4 is 5.32 Å². The molecule has 0 aliphatic heterocycles. The third kappa shape index (κ3) is 3.80. The Morgan fingerprint density at radius 2 is 1.89 bits per heavy atom. The number of hydrogen-bond acceptors (Lipinski definition) is 2. The van der Waals surface area contributed by atoms with Gasteiger partial charge >= 0.3 is 0 Å². The number of nitrogens with one attached hydrogen (secondary N) is 1. The number of aryl methyl sites for hydroxylation is 1. The fraction of sp³-hybridized carbons (Fsp3) is 0.647. The number of aliphatic hydroxyl groups excluding tert-OH is 1. The van der Waals surface area contributed by atoms with Crippen molar-refractivity contribution in [3.63, 3.8) is 0 Å². The zero-order chi connectivity index (χ0) is 13.7. The van der Waals surface area contributed by atoms with Crippen LogP contribution in [-0.2, 0) is 0 Å². The molecule has 2 heteroatoms. The SMILES string of the molecule is CCC(NC1CCCCC1CO)c1ccc(C)cc1. The predicted molar refractivity (Wildman–Crippen MR) is 80.2 cm³/mol. The van der Waals surface area contributed by atoms with Gasteiger partial charge in [-0.3, -0.25) is 0 Å². The average molecular weight is 261 g/mol. The molecular formula is C17H27NO. The molecule has 0 heterocycles. The number of aliphatic hydroxyl groups is 1. The maximum absolute atomic E-state index is 9.51. The molecule has 106 valence electrons. The van der Waals surface area contributed by atoms with Gasteiger partial charge in [0.2, 0.25) is 0 Å². The van der Waals surface area contributed by atoms with E-state index in [1.54, 1.807) is 0 Å². The average Bonchev–Trinajstić information content (AvgIpc) is 2.46. The Hall–Kier alpha value is -0.860. The molecule has 1 aromatic carbocycles. The lowest BCUT2D eigenvalue weighted by Crippen LogP contribution is -2.42. The summed E-state index contributed by atoms with van der Waals surface area (Å²) in [6.07, 6.45) is 6.02. The molecular weight excluding hydrogens is 234 g/mol. The largest absolute Gasteiger partial charge is 0.396 e. The quantitative estimate of drug-likeness (QED) is 0.849. The van der Waals surface area contributed by atoms with Crippen molar-refractivity contribution in [1.82, 2.24) is 5.32 Å². The van der Waals surface area contributed by atoms with E-state index in [-0.39, 0.29) is 0 Å². The molecule has 1 aliphatic rings. The summed E-state index contributed by atoms with van der Waals surface area (Å²) in [5.74, 6) is 0.438. The second-order valence-corrected chi connectivity index (χ2v) is 5.87. The Kier molecular flexibility index (Phi) is 5.41. The van der Waals surface area contributed by atoms with Crippen molar-refractivity contribution in [2.24, 2.45) is 5.92 Å². The highest BCUT2D eigenvalue weighted by molar-refractivity contribution is 5.24. The van der Waals surface area contributed by atoms with Crippen molar-refractivity contribution in [2.75, 3.05) is 6.61 Å². The Morgan fingerprint density at radius 1 is 1.21 bits per heavy atom. The summed E-state index contributed by atoms with van der Waals surface area (Å²) < 4.78 is 0. The molecule has 1 aliphatic carbocycles. The zero-order valence-corrected chi connectivity index (χ0v) is 12.2. The minimum Gasteiger partial charge on any atom is -0.396 e. The second-order valence-electron chi connectivity index (χ2n) is 5.87. The lowest BCUT2D eigenvalue weighted by molar-refractivity contribution is 0.145. The molecule has 1 fully saturated rings. The van der Waals surface area contributed by atoms with Crippen molar-refractivity contribution in [2.45, 2.75) is 58.0 Å². The van der Waals surface area contributed by atoms with Crippen LogP contribution in [0.3, 0.4) is 0 Å². The van der Waals surface area contributed by atoms with Crippen LogP contribution in [0.4, 0.5) is 0 Å². The van der Waals surface area contributed by atoms with Gasteiger partial charge < -0.3 is 10.4 Å². The lowest BCUT2D eigenvalue weighted by atomic mass is 9.84. The van der Waals surface area contributed by atoms with E-state index >= 15 is 0 Å². The molecule has 0 radical (unpaired) electrons. The van der Waals surface area contributed by atoms with Gasteiger partial charge in [-0.05, 0) is 37.7 Å². The molecule has 0 amide bonds. The summed E-state index contributed by atoms with van der Waals surface area (Å²) >= 11 is 0. The van der Waals surface area contributed by atoms with Gasteiger partial charge in [0, 0.05) is 18.7 Å². The molecule has 0 aromatic heterocycles. The predicted octanol–water partition coefficient (Wildman–Crippen LogP) is 3.59. The molecule has 1 aromatic rings. The topological polar surface area (TPSA) is 32.3 Å². The number of rotatable bonds is 5. The summed E-state index contributed by atoms with van der Waals surface area (Å²) in [5, 5.41) is 13.3. The van der Waals surface area contributed by atoms with E-state index in [2.05, 4.69) is 43.4 Å². The summed E-state index contributed by atoms with van der Waals surface area (Å²) in [4.78, 5) is 0. The van der Waals surface area contributed by atoms with Gasteiger partial charge in [-0.2, -0.15) is 0 Å². The van der Waals surface area contributed by atoms with Crippen LogP contribution in [0.1, 0.15) is 56.2 Å². The molecule has 2 nitrogen and oxygen atoms in total. The van der Waals surface area contributed by atoms with Crippen molar-refractivity contribution in [3.8, 4) is 0 Å². The molecule has 0 saturated heterocycles. The third-order valence-corrected chi connectivity index (χ3v) is 4.45. The van der Waals surface area contributed by atoms with Gasteiger partial charge in [0.25, 0.3) is 0 Å². The van der Waals surface area contributed by atoms with E-state index in [0.29, 0.717) is 24.6 Å². The van der Waals surface area contributed by atoms with Gasteiger partial charge in [0.05, 0.1) is 0 Å². The fourth-order valence-electron chi connectivity index (χ4n) is 3.15. The van der Waals surface area contributed by atoms with Crippen molar-refractivity contribution in [1.29, 1.82) is 0 Å². The third-order valence-electron chi connectivity index (χ3n) is 4.45. The van der Waals surface area contributed by atoms with Crippen LogP contribution >= 0.6 is 0 Å². The van der Waals surface area contributed by atoms with Crippen molar-refractivity contribution in [3.05, 3.63) is 35.4 Å². The zero-order valence-electron chi connectivity index (χ0n) is 12.2. The standard InChI is InChI=1S/C17H27NO/c1-3-16(14-10-8-13(2)9-11-14)18-17-7-5-4-6-15(17)12-19/h8-11,15-19H,3-7,12H2,1-2H3. The molecule has 2 N–H and O–H groups in total. The van der Waals surface area contributed by atoms with E-state index < -0.39 is 0 Å². The van der Waals surface area contributed by atoms with E-state index in [1.165, 1.54) is 36.8 Å². The smallest absolute Gasteiger partial charge is 0.0474 e. The normalized spacial score (nSPS) is 25.2. The van der Waals surface area contributed by atoms with Crippen LogP contribution in [-0.4, -0.2) is 17.8 Å². The maximum Gasteiger partial charge on any atom is 0.0474 e. The molecule has 19 heavy (non-hydrogen) atoms. The first-order chi connectivity index (χ1) is 9.24. The van der Waals surface area contributed by atoms with Crippen molar-refractivity contribution >= 4 is 0 Å². The van der Waals surface area contributed by atoms with E-state index in [4.69, 9.17) is 0 Å². The Balaban J connectivity index is 2.03. The molecule has 3 atom stereocenters. The van der Waals surface area contributed by atoms with Crippen LogP contribution in [0, 0.1) is 12.8 Å². The first-order valence-corrected chi connectivity index (χ1v) is 7.68. The number of benzene rings is 1. The summed E-state index contributed by atoms with van der Waals surface area (Å²) in [7, 11) is 0. The number of hydrogen-bond donors (Lipinski definition) is 2.